The number of carbonyl (C=O) groups is 1. The maximum atomic E-state index is 14.5. The predicted molar refractivity (Wildman–Crippen MR) is 122 cm³/mol. The lowest BCUT2D eigenvalue weighted by molar-refractivity contribution is 0.0184. The summed E-state index contributed by atoms with van der Waals surface area (Å²) in [6, 6.07) is 12.9. The second kappa shape index (κ2) is 9.92. The van der Waals surface area contributed by atoms with Crippen LogP contribution < -0.4 is 11.3 Å². The Hall–Kier alpha value is -2.93. The van der Waals surface area contributed by atoms with Gasteiger partial charge in [-0.05, 0) is 69.2 Å². The molecule has 1 aliphatic rings. The van der Waals surface area contributed by atoms with E-state index in [1.54, 1.807) is 17.0 Å². The molecule has 1 amide bonds. The minimum absolute atomic E-state index is 0.228. The molecule has 0 spiro atoms. The SMILES string of the molecule is CC(C)(C)OC(=O)N1CCC(Cc2ccc(-c3ccc(N=CNN)cc3F)cc2)CC1. The maximum Gasteiger partial charge on any atom is 0.410 e. The van der Waals surface area contributed by atoms with Crippen molar-refractivity contribution in [2.45, 2.75) is 45.6 Å². The summed E-state index contributed by atoms with van der Waals surface area (Å²) in [5.41, 5.74) is 4.91. The van der Waals surface area contributed by atoms with Crippen molar-refractivity contribution in [3.63, 3.8) is 0 Å². The third-order valence-corrected chi connectivity index (χ3v) is 5.30. The molecule has 1 aliphatic heterocycles. The van der Waals surface area contributed by atoms with E-state index < -0.39 is 5.60 Å². The molecule has 31 heavy (non-hydrogen) atoms. The highest BCUT2D eigenvalue weighted by Crippen LogP contribution is 2.28. The lowest BCUT2D eigenvalue weighted by atomic mass is 9.89. The molecule has 1 fully saturated rings. The molecule has 166 valence electrons. The van der Waals surface area contributed by atoms with Gasteiger partial charge in [-0.25, -0.2) is 20.0 Å². The second-order valence-corrected chi connectivity index (χ2v) is 8.90. The van der Waals surface area contributed by atoms with Crippen molar-refractivity contribution in [3.8, 4) is 11.1 Å². The quantitative estimate of drug-likeness (QED) is 0.311. The molecule has 0 atom stereocenters. The van der Waals surface area contributed by atoms with Crippen LogP contribution in [0, 0.1) is 11.7 Å². The van der Waals surface area contributed by atoms with E-state index in [1.807, 2.05) is 32.9 Å². The zero-order chi connectivity index (χ0) is 22.4. The minimum Gasteiger partial charge on any atom is -0.444 e. The van der Waals surface area contributed by atoms with Gasteiger partial charge in [0, 0.05) is 24.7 Å². The first-order chi connectivity index (χ1) is 14.7. The van der Waals surface area contributed by atoms with E-state index in [0.717, 1.165) is 37.9 Å². The Bertz CT molecular complexity index is 914. The predicted octanol–water partition coefficient (Wildman–Crippen LogP) is 4.81. The monoisotopic (exact) mass is 426 g/mol. The third kappa shape index (κ3) is 6.52. The molecule has 2 aromatic rings. The van der Waals surface area contributed by atoms with Gasteiger partial charge in [-0.15, -0.1) is 0 Å². The van der Waals surface area contributed by atoms with E-state index in [1.165, 1.54) is 18.0 Å². The standard InChI is InChI=1S/C24H31FN4O2/c1-24(2,3)31-23(30)29-12-10-18(11-13-29)14-17-4-6-19(7-5-17)21-9-8-20(15-22(21)25)27-16-28-26/h4-9,15-16,18H,10-14,26H2,1-3H3,(H,27,28). The topological polar surface area (TPSA) is 80.0 Å². The summed E-state index contributed by atoms with van der Waals surface area (Å²) in [6.07, 6.45) is 3.93. The molecule has 2 aromatic carbocycles. The number of nitrogens with two attached hydrogens (primary N) is 1. The smallest absolute Gasteiger partial charge is 0.410 e. The van der Waals surface area contributed by atoms with E-state index >= 15 is 0 Å². The van der Waals surface area contributed by atoms with Crippen molar-refractivity contribution in [1.82, 2.24) is 10.3 Å². The lowest BCUT2D eigenvalue weighted by Gasteiger charge is -2.33. The van der Waals surface area contributed by atoms with Crippen molar-refractivity contribution in [2.75, 3.05) is 13.1 Å². The number of halogens is 1. The van der Waals surface area contributed by atoms with Gasteiger partial charge in [0.1, 0.15) is 17.8 Å². The maximum absolute atomic E-state index is 14.5. The van der Waals surface area contributed by atoms with E-state index in [2.05, 4.69) is 22.6 Å². The van der Waals surface area contributed by atoms with Crippen molar-refractivity contribution in [1.29, 1.82) is 0 Å². The Balaban J connectivity index is 1.56. The van der Waals surface area contributed by atoms with Gasteiger partial charge in [0.05, 0.1) is 5.69 Å². The highest BCUT2D eigenvalue weighted by Gasteiger charge is 2.26. The first-order valence-electron chi connectivity index (χ1n) is 10.6. The van der Waals surface area contributed by atoms with E-state index in [9.17, 15) is 9.18 Å². The van der Waals surface area contributed by atoms with Crippen LogP contribution in [-0.4, -0.2) is 36.0 Å². The van der Waals surface area contributed by atoms with Crippen LogP contribution in [0.5, 0.6) is 0 Å². The number of nitrogens with one attached hydrogen (secondary N) is 1. The van der Waals surface area contributed by atoms with E-state index in [4.69, 9.17) is 10.6 Å². The van der Waals surface area contributed by atoms with Crippen LogP contribution in [0.4, 0.5) is 14.9 Å². The molecular formula is C24H31FN4O2. The van der Waals surface area contributed by atoms with Gasteiger partial charge in [0.15, 0.2) is 0 Å². The highest BCUT2D eigenvalue weighted by molar-refractivity contribution is 5.69. The number of hydrogen-bond donors (Lipinski definition) is 2. The Labute approximate surface area is 183 Å². The largest absolute Gasteiger partial charge is 0.444 e. The molecule has 0 unspecified atom stereocenters. The third-order valence-electron chi connectivity index (χ3n) is 5.30. The van der Waals surface area contributed by atoms with Crippen LogP contribution in [-0.2, 0) is 11.2 Å². The minimum atomic E-state index is -0.468. The van der Waals surface area contributed by atoms with Crippen LogP contribution in [0.15, 0.2) is 47.5 Å². The Morgan fingerprint density at radius 2 is 1.90 bits per heavy atom. The van der Waals surface area contributed by atoms with Crippen LogP contribution in [0.3, 0.4) is 0 Å². The molecule has 6 nitrogen and oxygen atoms in total. The van der Waals surface area contributed by atoms with Gasteiger partial charge in [0.2, 0.25) is 0 Å². The molecule has 0 bridgehead atoms. The Morgan fingerprint density at radius 1 is 1.23 bits per heavy atom. The molecule has 3 N–H and O–H groups in total. The fraction of sp³-hybridized carbons (Fsp3) is 0.417. The number of rotatable bonds is 5. The molecule has 7 heteroatoms. The van der Waals surface area contributed by atoms with Crippen molar-refractivity contribution < 1.29 is 13.9 Å². The zero-order valence-corrected chi connectivity index (χ0v) is 18.4. The number of ether oxygens (including phenoxy) is 1. The number of hydrazine groups is 1. The number of likely N-dealkylation sites (tertiary alicyclic amines) is 1. The summed E-state index contributed by atoms with van der Waals surface area (Å²) in [4.78, 5) is 18.0. The average molecular weight is 427 g/mol. The summed E-state index contributed by atoms with van der Waals surface area (Å²) in [5.74, 6) is 5.34. The fourth-order valence-corrected chi connectivity index (χ4v) is 3.73. The molecule has 0 aromatic heterocycles. The Kier molecular flexibility index (Phi) is 7.28. The summed E-state index contributed by atoms with van der Waals surface area (Å²) < 4.78 is 19.9. The number of aliphatic imine (C=N–C) groups is 1. The van der Waals surface area contributed by atoms with Gasteiger partial charge in [-0.3, -0.25) is 0 Å². The number of amides is 1. The fourth-order valence-electron chi connectivity index (χ4n) is 3.73. The van der Waals surface area contributed by atoms with Crippen LogP contribution in [0.25, 0.3) is 11.1 Å². The molecule has 1 saturated heterocycles. The van der Waals surface area contributed by atoms with Crippen molar-refractivity contribution in [2.24, 2.45) is 16.8 Å². The van der Waals surface area contributed by atoms with Crippen LogP contribution in [0.2, 0.25) is 0 Å². The Morgan fingerprint density at radius 3 is 2.48 bits per heavy atom. The zero-order valence-electron chi connectivity index (χ0n) is 18.4. The summed E-state index contributed by atoms with van der Waals surface area (Å²) in [7, 11) is 0. The van der Waals surface area contributed by atoms with E-state index in [-0.39, 0.29) is 11.9 Å². The molecule has 0 aliphatic carbocycles. The normalized spacial score (nSPS) is 15.3. The van der Waals surface area contributed by atoms with Crippen LogP contribution >= 0.6 is 0 Å². The lowest BCUT2D eigenvalue weighted by Crippen LogP contribution is -2.42. The highest BCUT2D eigenvalue weighted by atomic mass is 19.1. The van der Waals surface area contributed by atoms with Gasteiger partial charge in [0.25, 0.3) is 0 Å². The molecule has 0 radical (unpaired) electrons. The molecule has 3 rings (SSSR count). The van der Waals surface area contributed by atoms with Crippen molar-refractivity contribution in [3.05, 3.63) is 53.8 Å². The average Bonchev–Trinajstić information content (AvgIpc) is 2.72. The number of carbonyl (C=O) groups excluding carboxylic acids is 1. The number of hydrogen-bond acceptors (Lipinski definition) is 4. The molecule has 0 saturated carbocycles. The first-order valence-corrected chi connectivity index (χ1v) is 10.6. The van der Waals surface area contributed by atoms with Crippen LogP contribution in [0.1, 0.15) is 39.2 Å². The summed E-state index contributed by atoms with van der Waals surface area (Å²) in [6.45, 7) is 7.09. The van der Waals surface area contributed by atoms with Crippen molar-refractivity contribution >= 4 is 18.1 Å². The number of piperidine rings is 1. The van der Waals surface area contributed by atoms with E-state index in [0.29, 0.717) is 17.2 Å². The van der Waals surface area contributed by atoms with Gasteiger partial charge in [-0.2, -0.15) is 0 Å². The first kappa shape index (κ1) is 22.7. The summed E-state index contributed by atoms with van der Waals surface area (Å²) in [5, 5.41) is 0. The molecular weight excluding hydrogens is 395 g/mol. The van der Waals surface area contributed by atoms with Gasteiger partial charge in [-0.1, -0.05) is 24.3 Å². The number of nitrogens with zero attached hydrogens (tertiary/aromatic N) is 2. The van der Waals surface area contributed by atoms with Gasteiger partial charge < -0.3 is 15.1 Å². The number of benzene rings is 2. The second-order valence-electron chi connectivity index (χ2n) is 8.90. The molecule has 1 heterocycles. The van der Waals surface area contributed by atoms with Gasteiger partial charge >= 0.3 is 6.09 Å². The summed E-state index contributed by atoms with van der Waals surface area (Å²) >= 11 is 0.